The second kappa shape index (κ2) is 7.87. The van der Waals surface area contributed by atoms with E-state index < -0.39 is 0 Å². The molecule has 2 aromatic heterocycles. The summed E-state index contributed by atoms with van der Waals surface area (Å²) in [6, 6.07) is 3.50. The summed E-state index contributed by atoms with van der Waals surface area (Å²) in [7, 11) is 3.15. The van der Waals surface area contributed by atoms with E-state index in [2.05, 4.69) is 23.1 Å². The van der Waals surface area contributed by atoms with Gasteiger partial charge in [-0.1, -0.05) is 0 Å². The van der Waals surface area contributed by atoms with Gasteiger partial charge in [0, 0.05) is 57.0 Å². The van der Waals surface area contributed by atoms with Crippen LogP contribution >= 0.6 is 0 Å². The van der Waals surface area contributed by atoms with Crippen LogP contribution in [-0.2, 0) is 26.1 Å². The van der Waals surface area contributed by atoms with E-state index in [0.29, 0.717) is 28.9 Å². The third-order valence-corrected chi connectivity index (χ3v) is 5.60. The number of ether oxygens (including phenoxy) is 2. The fourth-order valence-corrected chi connectivity index (χ4v) is 3.90. The molecule has 3 aromatic rings. The Morgan fingerprint density at radius 1 is 1.10 bits per heavy atom. The standard InChI is InChI=1S/C21H27N5O3/c1-5-25-13-15(14(2)23-25)12-24-7-6-20-22-17-11-19(29-4)18(28-3)10-16(17)21(27)26(20)9-8-24/h10-11,13H,5-9,12H2,1-4H3. The van der Waals surface area contributed by atoms with Gasteiger partial charge >= 0.3 is 0 Å². The van der Waals surface area contributed by atoms with Crippen molar-refractivity contribution in [1.29, 1.82) is 0 Å². The molecule has 0 amide bonds. The van der Waals surface area contributed by atoms with Crippen LogP contribution in [-0.4, -0.2) is 51.5 Å². The lowest BCUT2D eigenvalue weighted by atomic mass is 10.2. The molecule has 4 rings (SSSR count). The largest absolute Gasteiger partial charge is 0.493 e. The number of benzene rings is 1. The molecule has 0 spiro atoms. The molecule has 0 atom stereocenters. The zero-order valence-corrected chi connectivity index (χ0v) is 17.4. The second-order valence-electron chi connectivity index (χ2n) is 7.33. The summed E-state index contributed by atoms with van der Waals surface area (Å²) >= 11 is 0. The van der Waals surface area contributed by atoms with Crippen LogP contribution < -0.4 is 15.0 Å². The molecule has 0 unspecified atom stereocenters. The number of hydrogen-bond donors (Lipinski definition) is 0. The zero-order valence-electron chi connectivity index (χ0n) is 17.4. The van der Waals surface area contributed by atoms with Crippen molar-refractivity contribution < 1.29 is 9.47 Å². The van der Waals surface area contributed by atoms with Gasteiger partial charge in [0.15, 0.2) is 11.5 Å². The lowest BCUT2D eigenvalue weighted by Crippen LogP contribution is -2.28. The van der Waals surface area contributed by atoms with E-state index in [0.717, 1.165) is 44.1 Å². The average Bonchev–Trinajstić information content (AvgIpc) is 2.96. The van der Waals surface area contributed by atoms with Crippen molar-refractivity contribution >= 4 is 10.9 Å². The lowest BCUT2D eigenvalue weighted by Gasteiger charge is -2.18. The van der Waals surface area contributed by atoms with Gasteiger partial charge in [0.1, 0.15) is 5.82 Å². The van der Waals surface area contributed by atoms with Crippen LogP contribution in [0.1, 0.15) is 24.0 Å². The number of aryl methyl sites for hydroxylation is 2. The monoisotopic (exact) mass is 397 g/mol. The van der Waals surface area contributed by atoms with Crippen LogP contribution in [0.4, 0.5) is 0 Å². The highest BCUT2D eigenvalue weighted by Gasteiger charge is 2.20. The van der Waals surface area contributed by atoms with Crippen molar-refractivity contribution in [2.24, 2.45) is 0 Å². The first-order valence-electron chi connectivity index (χ1n) is 9.94. The Hall–Kier alpha value is -2.87. The van der Waals surface area contributed by atoms with Crippen molar-refractivity contribution in [3.63, 3.8) is 0 Å². The number of aromatic nitrogens is 4. The minimum absolute atomic E-state index is 0.0252. The molecule has 1 aliphatic rings. The summed E-state index contributed by atoms with van der Waals surface area (Å²) in [5.41, 5.74) is 2.92. The van der Waals surface area contributed by atoms with Crippen LogP contribution in [0.3, 0.4) is 0 Å². The molecule has 0 fully saturated rings. The Morgan fingerprint density at radius 3 is 2.55 bits per heavy atom. The predicted octanol–water partition coefficient (Wildman–Crippen LogP) is 2.00. The summed E-state index contributed by atoms with van der Waals surface area (Å²) in [4.78, 5) is 20.3. The van der Waals surface area contributed by atoms with Crippen molar-refractivity contribution in [1.82, 2.24) is 24.2 Å². The molecule has 0 N–H and O–H groups in total. The number of rotatable bonds is 5. The zero-order chi connectivity index (χ0) is 20.5. The Labute approximate surface area is 169 Å². The van der Waals surface area contributed by atoms with E-state index >= 15 is 0 Å². The number of fused-ring (bicyclic) bond motifs is 2. The summed E-state index contributed by atoms with van der Waals surface area (Å²) in [5.74, 6) is 1.94. The maximum Gasteiger partial charge on any atom is 0.261 e. The molecule has 0 aliphatic carbocycles. The fourth-order valence-electron chi connectivity index (χ4n) is 3.90. The Balaban J connectivity index is 1.64. The van der Waals surface area contributed by atoms with E-state index in [1.165, 1.54) is 5.56 Å². The third-order valence-electron chi connectivity index (χ3n) is 5.60. The lowest BCUT2D eigenvalue weighted by molar-refractivity contribution is 0.270. The summed E-state index contributed by atoms with van der Waals surface area (Å²) in [6.45, 7) is 8.10. The van der Waals surface area contributed by atoms with Gasteiger partial charge in [-0.3, -0.25) is 18.9 Å². The van der Waals surface area contributed by atoms with Gasteiger partial charge < -0.3 is 9.47 Å². The third kappa shape index (κ3) is 3.60. The summed E-state index contributed by atoms with van der Waals surface area (Å²) < 4.78 is 14.5. The van der Waals surface area contributed by atoms with E-state index in [-0.39, 0.29) is 5.56 Å². The van der Waals surface area contributed by atoms with Crippen LogP contribution in [0.15, 0.2) is 23.1 Å². The van der Waals surface area contributed by atoms with Crippen LogP contribution in [0.5, 0.6) is 11.5 Å². The molecular formula is C21H27N5O3. The highest BCUT2D eigenvalue weighted by molar-refractivity contribution is 5.82. The molecule has 0 bridgehead atoms. The molecule has 29 heavy (non-hydrogen) atoms. The minimum atomic E-state index is -0.0252. The average molecular weight is 397 g/mol. The first kappa shape index (κ1) is 19.4. The summed E-state index contributed by atoms with van der Waals surface area (Å²) in [5, 5.41) is 5.10. The maximum atomic E-state index is 13.1. The van der Waals surface area contributed by atoms with E-state index in [1.807, 2.05) is 11.6 Å². The van der Waals surface area contributed by atoms with E-state index in [4.69, 9.17) is 14.5 Å². The molecule has 0 saturated heterocycles. The molecule has 1 aromatic carbocycles. The fraction of sp³-hybridized carbons (Fsp3) is 0.476. The van der Waals surface area contributed by atoms with E-state index in [9.17, 15) is 4.79 Å². The molecule has 0 radical (unpaired) electrons. The topological polar surface area (TPSA) is 74.4 Å². The number of methoxy groups -OCH3 is 2. The number of hydrogen-bond acceptors (Lipinski definition) is 6. The molecule has 1 aliphatic heterocycles. The minimum Gasteiger partial charge on any atom is -0.493 e. The van der Waals surface area contributed by atoms with Gasteiger partial charge in [0.25, 0.3) is 5.56 Å². The predicted molar refractivity (Wildman–Crippen MR) is 111 cm³/mol. The van der Waals surface area contributed by atoms with Gasteiger partial charge in [0.05, 0.1) is 30.8 Å². The van der Waals surface area contributed by atoms with Gasteiger partial charge in [-0.25, -0.2) is 4.98 Å². The first-order chi connectivity index (χ1) is 14.0. The van der Waals surface area contributed by atoms with Gasteiger partial charge in [0.2, 0.25) is 0 Å². The van der Waals surface area contributed by atoms with Gasteiger partial charge in [-0.15, -0.1) is 0 Å². The highest BCUT2D eigenvalue weighted by atomic mass is 16.5. The van der Waals surface area contributed by atoms with Crippen LogP contribution in [0.2, 0.25) is 0 Å². The van der Waals surface area contributed by atoms with Crippen LogP contribution in [0, 0.1) is 6.92 Å². The van der Waals surface area contributed by atoms with Crippen molar-refractivity contribution in [3.8, 4) is 11.5 Å². The smallest absolute Gasteiger partial charge is 0.261 e. The Bertz CT molecular complexity index is 1100. The SMILES string of the molecule is CCn1cc(CN2CCc3nc4cc(OC)c(OC)cc4c(=O)n3CC2)c(C)n1. The molecule has 8 nitrogen and oxygen atoms in total. The van der Waals surface area contributed by atoms with Crippen molar-refractivity contribution in [2.75, 3.05) is 27.3 Å². The second-order valence-corrected chi connectivity index (χ2v) is 7.33. The van der Waals surface area contributed by atoms with Crippen molar-refractivity contribution in [3.05, 3.63) is 45.8 Å². The first-order valence-corrected chi connectivity index (χ1v) is 9.94. The molecule has 154 valence electrons. The Kier molecular flexibility index (Phi) is 5.27. The Morgan fingerprint density at radius 2 is 1.86 bits per heavy atom. The van der Waals surface area contributed by atoms with E-state index in [1.54, 1.807) is 30.9 Å². The molecular weight excluding hydrogens is 370 g/mol. The number of nitrogens with zero attached hydrogens (tertiary/aromatic N) is 5. The van der Waals surface area contributed by atoms with Crippen molar-refractivity contribution in [2.45, 2.75) is 39.9 Å². The van der Waals surface area contributed by atoms with Gasteiger partial charge in [-0.2, -0.15) is 5.10 Å². The molecule has 0 saturated carbocycles. The highest BCUT2D eigenvalue weighted by Crippen LogP contribution is 2.30. The molecule has 8 heteroatoms. The van der Waals surface area contributed by atoms with Crippen LogP contribution in [0.25, 0.3) is 10.9 Å². The quantitative estimate of drug-likeness (QED) is 0.656. The normalized spacial score (nSPS) is 14.6. The maximum absolute atomic E-state index is 13.1. The molecule has 3 heterocycles. The van der Waals surface area contributed by atoms with Gasteiger partial charge in [-0.05, 0) is 19.9 Å². The summed E-state index contributed by atoms with van der Waals surface area (Å²) in [6.07, 6.45) is 2.84.